The number of anilines is 1. The molecule has 2 amide bonds. The average Bonchev–Trinajstić information content (AvgIpc) is 2.65. The van der Waals surface area contributed by atoms with E-state index in [9.17, 15) is 18.8 Å². The Morgan fingerprint density at radius 2 is 2.05 bits per heavy atom. The Morgan fingerprint density at radius 3 is 2.67 bits per heavy atom. The Labute approximate surface area is 126 Å². The molecule has 1 aliphatic rings. The van der Waals surface area contributed by atoms with Crippen LogP contribution in [0.15, 0.2) is 12.1 Å². The van der Waals surface area contributed by atoms with Gasteiger partial charge in [-0.15, -0.1) is 0 Å². The van der Waals surface area contributed by atoms with E-state index in [-0.39, 0.29) is 41.2 Å². The number of carbonyl (C=O) groups excluding carboxylic acids is 3. The van der Waals surface area contributed by atoms with E-state index in [1.807, 2.05) is 0 Å². The summed E-state index contributed by atoms with van der Waals surface area (Å²) in [5, 5.41) is 2.69. The molecule has 0 spiro atoms. The van der Waals surface area contributed by atoms with Gasteiger partial charge in [0.15, 0.2) is 0 Å². The van der Waals surface area contributed by atoms with Crippen molar-refractivity contribution < 1.29 is 18.8 Å². The van der Waals surface area contributed by atoms with Crippen LogP contribution in [0.1, 0.15) is 30.6 Å². The predicted octanol–water partition coefficient (Wildman–Crippen LogP) is 1.92. The minimum Gasteiger partial charge on any atom is -0.354 e. The first-order chi connectivity index (χ1) is 9.82. The van der Waals surface area contributed by atoms with E-state index in [1.54, 1.807) is 13.8 Å². The molecule has 1 aliphatic heterocycles. The molecule has 0 saturated heterocycles. The number of Topliss-reactive ketones (excluding diaryl/α,β-unsaturated/α-hetero) is 1. The van der Waals surface area contributed by atoms with E-state index in [0.29, 0.717) is 0 Å². The zero-order chi connectivity index (χ0) is 15.7. The molecule has 0 saturated carbocycles. The van der Waals surface area contributed by atoms with E-state index in [2.05, 4.69) is 5.32 Å². The van der Waals surface area contributed by atoms with Crippen LogP contribution in [-0.4, -0.2) is 30.2 Å². The largest absolute Gasteiger partial charge is 0.354 e. The highest BCUT2D eigenvalue weighted by atomic mass is 35.5. The van der Waals surface area contributed by atoms with Crippen molar-refractivity contribution in [3.63, 3.8) is 0 Å². The van der Waals surface area contributed by atoms with Gasteiger partial charge in [0.1, 0.15) is 5.82 Å². The van der Waals surface area contributed by atoms with E-state index in [1.165, 1.54) is 6.07 Å². The van der Waals surface area contributed by atoms with Gasteiger partial charge in [-0.2, -0.15) is 0 Å². The molecule has 7 heteroatoms. The van der Waals surface area contributed by atoms with Crippen molar-refractivity contribution in [2.75, 3.05) is 11.4 Å². The minimum atomic E-state index is -0.866. The number of ketones is 1. The number of amides is 2. The SMILES string of the molecule is CC(C)NC(=O)CCN1C(=O)C(=O)c2c(Cl)ccc(F)c21. The van der Waals surface area contributed by atoms with Crippen molar-refractivity contribution in [1.29, 1.82) is 0 Å². The van der Waals surface area contributed by atoms with Gasteiger partial charge in [0.05, 0.1) is 16.3 Å². The van der Waals surface area contributed by atoms with Crippen molar-refractivity contribution in [3.05, 3.63) is 28.5 Å². The number of benzene rings is 1. The minimum absolute atomic E-state index is 0.0252. The number of carbonyl (C=O) groups is 3. The molecule has 0 aromatic heterocycles. The lowest BCUT2D eigenvalue weighted by Gasteiger charge is -2.17. The average molecular weight is 313 g/mol. The molecule has 1 aromatic rings. The third-order valence-corrected chi connectivity index (χ3v) is 3.34. The van der Waals surface area contributed by atoms with Gasteiger partial charge in [-0.25, -0.2) is 4.39 Å². The number of rotatable bonds is 4. The Bertz CT molecular complexity index is 631. The summed E-state index contributed by atoms with van der Waals surface area (Å²) in [7, 11) is 0. The van der Waals surface area contributed by atoms with Crippen LogP contribution in [0.3, 0.4) is 0 Å². The topological polar surface area (TPSA) is 66.5 Å². The van der Waals surface area contributed by atoms with Crippen LogP contribution in [0.5, 0.6) is 0 Å². The fourth-order valence-electron chi connectivity index (χ4n) is 2.17. The third kappa shape index (κ3) is 2.90. The monoisotopic (exact) mass is 312 g/mol. The standard InChI is InChI=1S/C14H14ClFN2O3/c1-7(2)17-10(19)5-6-18-12-9(16)4-3-8(15)11(12)13(20)14(18)21/h3-4,7H,5-6H2,1-2H3,(H,17,19). The van der Waals surface area contributed by atoms with Gasteiger partial charge in [0.25, 0.3) is 11.7 Å². The molecule has 1 heterocycles. The molecule has 0 bridgehead atoms. The zero-order valence-electron chi connectivity index (χ0n) is 11.6. The summed E-state index contributed by atoms with van der Waals surface area (Å²) in [4.78, 5) is 36.4. The Hall–Kier alpha value is -1.95. The maximum atomic E-state index is 13.9. The van der Waals surface area contributed by atoms with Crippen LogP contribution in [0, 0.1) is 5.82 Å². The molecule has 5 nitrogen and oxygen atoms in total. The number of fused-ring (bicyclic) bond motifs is 1. The summed E-state index contributed by atoms with van der Waals surface area (Å²) < 4.78 is 13.9. The fourth-order valence-corrected chi connectivity index (χ4v) is 2.41. The Balaban J connectivity index is 2.24. The lowest BCUT2D eigenvalue weighted by molar-refractivity contribution is -0.121. The summed E-state index contributed by atoms with van der Waals surface area (Å²) in [6.07, 6.45) is -0.0252. The molecule has 21 heavy (non-hydrogen) atoms. The van der Waals surface area contributed by atoms with Gasteiger partial charge in [-0.3, -0.25) is 14.4 Å². The summed E-state index contributed by atoms with van der Waals surface area (Å²) in [5.41, 5.74) is -0.277. The van der Waals surface area contributed by atoms with Gasteiger partial charge in [0, 0.05) is 19.0 Å². The van der Waals surface area contributed by atoms with Crippen LogP contribution in [-0.2, 0) is 9.59 Å². The van der Waals surface area contributed by atoms with Crippen molar-refractivity contribution in [2.45, 2.75) is 26.3 Å². The predicted molar refractivity (Wildman–Crippen MR) is 76.0 cm³/mol. The highest BCUT2D eigenvalue weighted by Crippen LogP contribution is 2.36. The Morgan fingerprint density at radius 1 is 1.38 bits per heavy atom. The number of halogens is 2. The molecule has 0 radical (unpaired) electrons. The number of hydrogen-bond donors (Lipinski definition) is 1. The first-order valence-electron chi connectivity index (χ1n) is 6.46. The van der Waals surface area contributed by atoms with E-state index < -0.39 is 17.5 Å². The molecule has 0 atom stereocenters. The molecule has 2 rings (SSSR count). The number of nitrogens with one attached hydrogen (secondary N) is 1. The van der Waals surface area contributed by atoms with Crippen molar-refractivity contribution in [1.82, 2.24) is 5.32 Å². The van der Waals surface area contributed by atoms with Gasteiger partial charge in [-0.05, 0) is 26.0 Å². The zero-order valence-corrected chi connectivity index (χ0v) is 12.3. The molecular weight excluding hydrogens is 299 g/mol. The smallest absolute Gasteiger partial charge is 0.299 e. The third-order valence-electron chi connectivity index (χ3n) is 3.03. The van der Waals surface area contributed by atoms with Crippen LogP contribution < -0.4 is 10.2 Å². The second-order valence-electron chi connectivity index (χ2n) is 5.01. The first-order valence-corrected chi connectivity index (χ1v) is 6.84. The summed E-state index contributed by atoms with van der Waals surface area (Å²) in [6.45, 7) is 3.53. The lowest BCUT2D eigenvalue weighted by Crippen LogP contribution is -2.36. The molecule has 1 N–H and O–H groups in total. The van der Waals surface area contributed by atoms with Crippen molar-refractivity contribution in [2.24, 2.45) is 0 Å². The Kier molecular flexibility index (Phi) is 4.27. The van der Waals surface area contributed by atoms with Crippen molar-refractivity contribution >= 4 is 34.9 Å². The maximum Gasteiger partial charge on any atom is 0.299 e. The van der Waals surface area contributed by atoms with Crippen LogP contribution in [0.2, 0.25) is 5.02 Å². The van der Waals surface area contributed by atoms with Gasteiger partial charge < -0.3 is 10.2 Å². The maximum absolute atomic E-state index is 13.9. The lowest BCUT2D eigenvalue weighted by atomic mass is 10.1. The molecule has 0 unspecified atom stereocenters. The highest BCUT2D eigenvalue weighted by molar-refractivity contribution is 6.55. The van der Waals surface area contributed by atoms with Crippen LogP contribution in [0.4, 0.5) is 10.1 Å². The van der Waals surface area contributed by atoms with Gasteiger partial charge in [-0.1, -0.05) is 11.6 Å². The summed E-state index contributed by atoms with van der Waals surface area (Å²) >= 11 is 5.85. The fraction of sp³-hybridized carbons (Fsp3) is 0.357. The van der Waals surface area contributed by atoms with E-state index in [0.717, 1.165) is 11.0 Å². The molecule has 1 aromatic carbocycles. The number of nitrogens with zero attached hydrogens (tertiary/aromatic N) is 1. The van der Waals surface area contributed by atoms with Gasteiger partial charge >= 0.3 is 0 Å². The molecular formula is C14H14ClFN2O3. The van der Waals surface area contributed by atoms with Crippen LogP contribution in [0.25, 0.3) is 0 Å². The van der Waals surface area contributed by atoms with Gasteiger partial charge in [0.2, 0.25) is 5.91 Å². The molecule has 0 fully saturated rings. The molecule has 112 valence electrons. The molecule has 0 aliphatic carbocycles. The summed E-state index contributed by atoms with van der Waals surface area (Å²) in [5.74, 6) is -2.70. The normalized spacial score (nSPS) is 13.9. The second kappa shape index (κ2) is 5.81. The number of hydrogen-bond acceptors (Lipinski definition) is 3. The summed E-state index contributed by atoms with van der Waals surface area (Å²) in [6, 6.07) is 2.29. The first kappa shape index (κ1) is 15.4. The van der Waals surface area contributed by atoms with E-state index >= 15 is 0 Å². The van der Waals surface area contributed by atoms with E-state index in [4.69, 9.17) is 11.6 Å². The quantitative estimate of drug-likeness (QED) is 0.864. The second-order valence-corrected chi connectivity index (χ2v) is 5.42. The van der Waals surface area contributed by atoms with Crippen molar-refractivity contribution in [3.8, 4) is 0 Å². The highest BCUT2D eigenvalue weighted by Gasteiger charge is 2.39. The van der Waals surface area contributed by atoms with Crippen LogP contribution >= 0.6 is 11.6 Å².